The lowest BCUT2D eigenvalue weighted by molar-refractivity contribution is 0.628. The summed E-state index contributed by atoms with van der Waals surface area (Å²) in [6.45, 7) is 7.47. The van der Waals surface area contributed by atoms with E-state index in [0.29, 0.717) is 18.2 Å². The van der Waals surface area contributed by atoms with Crippen LogP contribution in [0.1, 0.15) is 27.2 Å². The highest BCUT2D eigenvalue weighted by Crippen LogP contribution is 2.08. The summed E-state index contributed by atoms with van der Waals surface area (Å²) >= 11 is 5.77. The predicted octanol–water partition coefficient (Wildman–Crippen LogP) is 2.11. The van der Waals surface area contributed by atoms with Crippen LogP contribution in [0.2, 0.25) is 0 Å². The van der Waals surface area contributed by atoms with Gasteiger partial charge in [0.2, 0.25) is 0 Å². The van der Waals surface area contributed by atoms with E-state index in [4.69, 9.17) is 11.6 Å². The molecule has 1 heterocycles. The molecule has 0 radical (unpaired) electrons. The quantitative estimate of drug-likeness (QED) is 0.733. The van der Waals surface area contributed by atoms with E-state index in [-0.39, 0.29) is 11.6 Å². The van der Waals surface area contributed by atoms with Gasteiger partial charge in [-0.25, -0.2) is 4.98 Å². The maximum atomic E-state index is 12.2. The number of aromatic nitrogens is 2. The Balaban J connectivity index is 3.11. The van der Waals surface area contributed by atoms with Gasteiger partial charge in [0.1, 0.15) is 0 Å². The third kappa shape index (κ3) is 3.46. The van der Waals surface area contributed by atoms with Crippen LogP contribution in [0.4, 0.5) is 5.82 Å². The van der Waals surface area contributed by atoms with Crippen LogP contribution in [-0.4, -0.2) is 28.0 Å². The summed E-state index contributed by atoms with van der Waals surface area (Å²) in [5, 5.41) is 0. The highest BCUT2D eigenvalue weighted by atomic mass is 35.5. The second-order valence-electron chi connectivity index (χ2n) is 4.23. The molecule has 0 aromatic carbocycles. The second kappa shape index (κ2) is 6.64. The second-order valence-corrected chi connectivity index (χ2v) is 4.60. The molecule has 96 valence electrons. The molecule has 0 unspecified atom stereocenters. The molecule has 0 atom stereocenters. The predicted molar refractivity (Wildman–Crippen MR) is 72.0 cm³/mol. The molecule has 1 rings (SSSR count). The van der Waals surface area contributed by atoms with E-state index in [0.717, 1.165) is 13.0 Å². The molecule has 17 heavy (non-hydrogen) atoms. The lowest BCUT2D eigenvalue weighted by Crippen LogP contribution is -2.39. The van der Waals surface area contributed by atoms with Gasteiger partial charge in [0, 0.05) is 37.4 Å². The smallest absolute Gasteiger partial charge is 0.293 e. The molecule has 0 fully saturated rings. The Morgan fingerprint density at radius 3 is 2.76 bits per heavy atom. The summed E-state index contributed by atoms with van der Waals surface area (Å²) in [7, 11) is 0. The molecule has 0 bridgehead atoms. The lowest BCUT2D eigenvalue weighted by atomic mass is 10.3. The van der Waals surface area contributed by atoms with E-state index in [2.05, 4.69) is 4.98 Å². The number of nitrogens with zero attached hydrogens (tertiary/aromatic N) is 3. The molecule has 0 N–H and O–H groups in total. The minimum absolute atomic E-state index is 0.0341. The first-order valence-corrected chi connectivity index (χ1v) is 6.53. The molecular formula is C12H20ClN3O. The fraction of sp³-hybridized carbons (Fsp3) is 0.667. The minimum Gasteiger partial charge on any atom is -0.348 e. The van der Waals surface area contributed by atoms with Crippen molar-refractivity contribution in [2.45, 2.75) is 39.8 Å². The molecule has 0 aliphatic heterocycles. The van der Waals surface area contributed by atoms with Crippen LogP contribution in [0.5, 0.6) is 0 Å². The molecule has 0 saturated heterocycles. The van der Waals surface area contributed by atoms with Crippen LogP contribution in [0.25, 0.3) is 0 Å². The molecule has 0 aliphatic carbocycles. The van der Waals surface area contributed by atoms with Crippen LogP contribution in [-0.2, 0) is 6.54 Å². The standard InChI is InChI=1S/C12H20ClN3O/c1-4-7-15-9-6-14-11(12(15)17)16(8-5-13)10(2)3/h6,9-10H,4-5,7-8H2,1-3H3. The topological polar surface area (TPSA) is 38.1 Å². The summed E-state index contributed by atoms with van der Waals surface area (Å²) in [4.78, 5) is 18.3. The molecule has 0 amide bonds. The van der Waals surface area contributed by atoms with Gasteiger partial charge in [0.15, 0.2) is 5.82 Å². The minimum atomic E-state index is -0.0341. The van der Waals surface area contributed by atoms with Crippen molar-refractivity contribution in [2.75, 3.05) is 17.3 Å². The Morgan fingerprint density at radius 2 is 2.24 bits per heavy atom. The van der Waals surface area contributed by atoms with Gasteiger partial charge in [0.25, 0.3) is 5.56 Å². The Bertz CT molecular complexity index is 403. The van der Waals surface area contributed by atoms with E-state index < -0.39 is 0 Å². The first kappa shape index (κ1) is 14.0. The number of anilines is 1. The van der Waals surface area contributed by atoms with Crippen molar-refractivity contribution in [1.82, 2.24) is 9.55 Å². The fourth-order valence-corrected chi connectivity index (χ4v) is 1.93. The summed E-state index contributed by atoms with van der Waals surface area (Å²) in [5.41, 5.74) is -0.0341. The zero-order chi connectivity index (χ0) is 12.8. The van der Waals surface area contributed by atoms with Crippen molar-refractivity contribution in [3.05, 3.63) is 22.7 Å². The number of hydrogen-bond acceptors (Lipinski definition) is 3. The van der Waals surface area contributed by atoms with Crippen molar-refractivity contribution in [1.29, 1.82) is 0 Å². The number of aryl methyl sites for hydroxylation is 1. The van der Waals surface area contributed by atoms with Gasteiger partial charge in [0.05, 0.1) is 0 Å². The Kier molecular flexibility index (Phi) is 5.48. The average molecular weight is 258 g/mol. The van der Waals surface area contributed by atoms with E-state index in [1.54, 1.807) is 17.0 Å². The number of alkyl halides is 1. The van der Waals surface area contributed by atoms with E-state index in [1.165, 1.54) is 0 Å². The first-order chi connectivity index (χ1) is 8.11. The normalized spacial score (nSPS) is 10.9. The Labute approximate surface area is 107 Å². The van der Waals surface area contributed by atoms with Crippen LogP contribution in [0, 0.1) is 0 Å². The zero-order valence-corrected chi connectivity index (χ0v) is 11.4. The Morgan fingerprint density at radius 1 is 1.53 bits per heavy atom. The third-order valence-electron chi connectivity index (χ3n) is 2.58. The molecule has 1 aromatic rings. The molecule has 5 heteroatoms. The summed E-state index contributed by atoms with van der Waals surface area (Å²) in [5.74, 6) is 0.985. The van der Waals surface area contributed by atoms with Crippen molar-refractivity contribution < 1.29 is 0 Å². The van der Waals surface area contributed by atoms with Crippen LogP contribution in [0.3, 0.4) is 0 Å². The van der Waals surface area contributed by atoms with Gasteiger partial charge in [-0.3, -0.25) is 4.79 Å². The highest BCUT2D eigenvalue weighted by Gasteiger charge is 2.15. The maximum absolute atomic E-state index is 12.2. The van der Waals surface area contributed by atoms with Crippen molar-refractivity contribution >= 4 is 17.4 Å². The summed E-state index contributed by atoms with van der Waals surface area (Å²) < 4.78 is 1.70. The van der Waals surface area contributed by atoms with Gasteiger partial charge in [-0.1, -0.05) is 6.92 Å². The van der Waals surface area contributed by atoms with Crippen molar-refractivity contribution in [3.8, 4) is 0 Å². The van der Waals surface area contributed by atoms with Gasteiger partial charge in [-0.15, -0.1) is 11.6 Å². The fourth-order valence-electron chi connectivity index (χ4n) is 1.75. The average Bonchev–Trinajstić information content (AvgIpc) is 2.29. The van der Waals surface area contributed by atoms with Crippen molar-refractivity contribution in [3.63, 3.8) is 0 Å². The van der Waals surface area contributed by atoms with Gasteiger partial charge in [-0.2, -0.15) is 0 Å². The zero-order valence-electron chi connectivity index (χ0n) is 10.7. The molecule has 4 nitrogen and oxygen atoms in total. The number of halogens is 1. The van der Waals surface area contributed by atoms with Crippen LogP contribution in [0.15, 0.2) is 17.2 Å². The third-order valence-corrected chi connectivity index (χ3v) is 2.75. The lowest BCUT2D eigenvalue weighted by Gasteiger charge is -2.26. The van der Waals surface area contributed by atoms with E-state index >= 15 is 0 Å². The molecule has 0 spiro atoms. The SMILES string of the molecule is CCCn1ccnc(N(CCCl)C(C)C)c1=O. The van der Waals surface area contributed by atoms with E-state index in [1.807, 2.05) is 25.7 Å². The molecule has 1 aromatic heterocycles. The van der Waals surface area contributed by atoms with Crippen LogP contribution < -0.4 is 10.5 Å². The summed E-state index contributed by atoms with van der Waals surface area (Å²) in [6.07, 6.45) is 4.34. The van der Waals surface area contributed by atoms with Crippen molar-refractivity contribution in [2.24, 2.45) is 0 Å². The van der Waals surface area contributed by atoms with Gasteiger partial charge >= 0.3 is 0 Å². The van der Waals surface area contributed by atoms with Gasteiger partial charge in [-0.05, 0) is 20.3 Å². The number of rotatable bonds is 6. The van der Waals surface area contributed by atoms with Gasteiger partial charge < -0.3 is 9.47 Å². The summed E-state index contributed by atoms with van der Waals surface area (Å²) in [6, 6.07) is 0.214. The molecule has 0 aliphatic rings. The van der Waals surface area contributed by atoms with Crippen LogP contribution >= 0.6 is 11.6 Å². The molecule has 0 saturated carbocycles. The van der Waals surface area contributed by atoms with E-state index in [9.17, 15) is 4.79 Å². The molecular weight excluding hydrogens is 238 g/mol. The Hall–Kier alpha value is -1.03. The number of hydrogen-bond donors (Lipinski definition) is 0. The first-order valence-electron chi connectivity index (χ1n) is 5.99. The highest BCUT2D eigenvalue weighted by molar-refractivity contribution is 6.18. The maximum Gasteiger partial charge on any atom is 0.293 e. The monoisotopic (exact) mass is 257 g/mol. The largest absolute Gasteiger partial charge is 0.348 e.